The maximum Gasteiger partial charge on any atom is 0.274 e. The van der Waals surface area contributed by atoms with Gasteiger partial charge in [0.2, 0.25) is 0 Å². The number of nitrogens with one attached hydrogen (secondary N) is 2. The van der Waals surface area contributed by atoms with Crippen LogP contribution in [0.3, 0.4) is 0 Å². The molecule has 3 rings (SSSR count). The van der Waals surface area contributed by atoms with Gasteiger partial charge < -0.3 is 10.6 Å². The number of amides is 1. The van der Waals surface area contributed by atoms with Crippen molar-refractivity contribution in [3.8, 4) is 0 Å². The molecule has 6 heteroatoms. The third-order valence-electron chi connectivity index (χ3n) is 3.56. The van der Waals surface area contributed by atoms with Gasteiger partial charge in [0.05, 0.1) is 0 Å². The van der Waals surface area contributed by atoms with Crippen molar-refractivity contribution < 1.29 is 4.79 Å². The Labute approximate surface area is 151 Å². The van der Waals surface area contributed by atoms with Crippen molar-refractivity contribution in [1.29, 1.82) is 0 Å². The zero-order valence-corrected chi connectivity index (χ0v) is 14.6. The van der Waals surface area contributed by atoms with Crippen LogP contribution in [-0.2, 0) is 0 Å². The molecule has 0 unspecified atom stereocenters. The molecule has 2 N–H and O–H groups in total. The largest absolute Gasteiger partial charge is 0.340 e. The van der Waals surface area contributed by atoms with E-state index in [0.717, 1.165) is 16.9 Å². The SMILES string of the molecule is Cc1nc(Nc2cccc(Cl)c2)cc(C(=O)Nc2ccccc2C)n1. The highest BCUT2D eigenvalue weighted by Gasteiger charge is 2.12. The maximum absolute atomic E-state index is 12.5. The number of hydrogen-bond donors (Lipinski definition) is 2. The number of hydrogen-bond acceptors (Lipinski definition) is 4. The molecular formula is C19H17ClN4O. The van der Waals surface area contributed by atoms with E-state index < -0.39 is 0 Å². The predicted octanol–water partition coefficient (Wildman–Crippen LogP) is 4.74. The first-order chi connectivity index (χ1) is 12.0. The van der Waals surface area contributed by atoms with Gasteiger partial charge in [-0.2, -0.15) is 0 Å². The fraction of sp³-hybridized carbons (Fsp3) is 0.105. The highest BCUT2D eigenvalue weighted by molar-refractivity contribution is 6.30. The number of halogens is 1. The summed E-state index contributed by atoms with van der Waals surface area (Å²) in [5.41, 5.74) is 2.82. The van der Waals surface area contributed by atoms with Crippen molar-refractivity contribution >= 4 is 34.7 Å². The van der Waals surface area contributed by atoms with Crippen LogP contribution < -0.4 is 10.6 Å². The highest BCUT2D eigenvalue weighted by atomic mass is 35.5. The van der Waals surface area contributed by atoms with Crippen LogP contribution >= 0.6 is 11.6 Å². The quantitative estimate of drug-likeness (QED) is 0.711. The fourth-order valence-electron chi connectivity index (χ4n) is 2.36. The molecule has 0 bridgehead atoms. The molecule has 0 radical (unpaired) electrons. The molecule has 0 saturated carbocycles. The first-order valence-corrected chi connectivity index (χ1v) is 8.14. The van der Waals surface area contributed by atoms with E-state index in [1.807, 2.05) is 43.3 Å². The van der Waals surface area contributed by atoms with Gasteiger partial charge in [0.15, 0.2) is 0 Å². The van der Waals surface area contributed by atoms with Gasteiger partial charge in [-0.3, -0.25) is 4.79 Å². The predicted molar refractivity (Wildman–Crippen MR) is 101 cm³/mol. The van der Waals surface area contributed by atoms with Crippen LogP contribution in [0, 0.1) is 13.8 Å². The number of aromatic nitrogens is 2. The van der Waals surface area contributed by atoms with Gasteiger partial charge in [0, 0.05) is 22.5 Å². The van der Waals surface area contributed by atoms with Gasteiger partial charge in [0.25, 0.3) is 5.91 Å². The van der Waals surface area contributed by atoms with E-state index in [9.17, 15) is 4.79 Å². The normalized spacial score (nSPS) is 10.4. The molecule has 0 aliphatic rings. The number of carbonyl (C=O) groups is 1. The van der Waals surface area contributed by atoms with Crippen molar-refractivity contribution in [3.63, 3.8) is 0 Å². The minimum Gasteiger partial charge on any atom is -0.340 e. The molecule has 2 aromatic carbocycles. The molecule has 25 heavy (non-hydrogen) atoms. The van der Waals surface area contributed by atoms with Crippen LogP contribution in [0.15, 0.2) is 54.6 Å². The average Bonchev–Trinajstić information content (AvgIpc) is 2.56. The second-order valence-corrected chi connectivity index (χ2v) is 6.03. The third-order valence-corrected chi connectivity index (χ3v) is 3.80. The van der Waals surface area contributed by atoms with Crippen LogP contribution in [0.4, 0.5) is 17.2 Å². The van der Waals surface area contributed by atoms with E-state index in [4.69, 9.17) is 11.6 Å². The monoisotopic (exact) mass is 352 g/mol. The molecule has 0 aliphatic heterocycles. The summed E-state index contributed by atoms with van der Waals surface area (Å²) >= 11 is 5.99. The Morgan fingerprint density at radius 1 is 1.00 bits per heavy atom. The molecule has 3 aromatic rings. The molecule has 5 nitrogen and oxygen atoms in total. The Bertz CT molecular complexity index is 927. The van der Waals surface area contributed by atoms with Gasteiger partial charge in [-0.25, -0.2) is 9.97 Å². The summed E-state index contributed by atoms with van der Waals surface area (Å²) in [7, 11) is 0. The summed E-state index contributed by atoms with van der Waals surface area (Å²) in [5.74, 6) is 0.751. The molecular weight excluding hydrogens is 336 g/mol. The summed E-state index contributed by atoms with van der Waals surface area (Å²) in [6.07, 6.45) is 0. The molecule has 0 spiro atoms. The zero-order chi connectivity index (χ0) is 17.8. The Balaban J connectivity index is 1.83. The van der Waals surface area contributed by atoms with Gasteiger partial charge >= 0.3 is 0 Å². The van der Waals surface area contributed by atoms with E-state index in [0.29, 0.717) is 22.4 Å². The summed E-state index contributed by atoms with van der Waals surface area (Å²) in [6, 6.07) is 16.5. The van der Waals surface area contributed by atoms with Crippen molar-refractivity contribution in [2.24, 2.45) is 0 Å². The smallest absolute Gasteiger partial charge is 0.274 e. The summed E-state index contributed by atoms with van der Waals surface area (Å²) in [4.78, 5) is 21.1. The number of nitrogens with zero attached hydrogens (tertiary/aromatic N) is 2. The Morgan fingerprint density at radius 3 is 2.56 bits per heavy atom. The zero-order valence-electron chi connectivity index (χ0n) is 13.9. The van der Waals surface area contributed by atoms with Gasteiger partial charge in [-0.15, -0.1) is 0 Å². The molecule has 126 valence electrons. The number of benzene rings is 2. The van der Waals surface area contributed by atoms with Crippen molar-refractivity contribution in [3.05, 3.63) is 76.7 Å². The highest BCUT2D eigenvalue weighted by Crippen LogP contribution is 2.20. The van der Waals surface area contributed by atoms with E-state index >= 15 is 0 Å². The minimum atomic E-state index is -0.283. The summed E-state index contributed by atoms with van der Waals surface area (Å²) in [6.45, 7) is 3.68. The minimum absolute atomic E-state index is 0.283. The number of carbonyl (C=O) groups excluding carboxylic acids is 1. The number of rotatable bonds is 4. The van der Waals surface area contributed by atoms with Crippen LogP contribution in [0.25, 0.3) is 0 Å². The summed E-state index contributed by atoms with van der Waals surface area (Å²) < 4.78 is 0. The molecule has 0 aliphatic carbocycles. The lowest BCUT2D eigenvalue weighted by atomic mass is 10.2. The van der Waals surface area contributed by atoms with Crippen LogP contribution in [0.2, 0.25) is 5.02 Å². The van der Waals surface area contributed by atoms with Crippen LogP contribution in [-0.4, -0.2) is 15.9 Å². The van der Waals surface area contributed by atoms with Crippen molar-refractivity contribution in [2.45, 2.75) is 13.8 Å². The molecule has 1 heterocycles. The van der Waals surface area contributed by atoms with Gasteiger partial charge in [0.1, 0.15) is 17.3 Å². The van der Waals surface area contributed by atoms with Crippen LogP contribution in [0.1, 0.15) is 21.9 Å². The van der Waals surface area contributed by atoms with Crippen LogP contribution in [0.5, 0.6) is 0 Å². The lowest BCUT2D eigenvalue weighted by Crippen LogP contribution is -2.16. The Kier molecular flexibility index (Phi) is 4.95. The van der Waals surface area contributed by atoms with E-state index in [2.05, 4.69) is 20.6 Å². The van der Waals surface area contributed by atoms with Gasteiger partial charge in [-0.1, -0.05) is 35.9 Å². The number of anilines is 3. The molecule has 0 fully saturated rings. The van der Waals surface area contributed by atoms with Crippen molar-refractivity contribution in [1.82, 2.24) is 9.97 Å². The van der Waals surface area contributed by atoms with E-state index in [1.54, 1.807) is 25.1 Å². The average molecular weight is 353 g/mol. The molecule has 0 saturated heterocycles. The van der Waals surface area contributed by atoms with Gasteiger partial charge in [-0.05, 0) is 43.7 Å². The Morgan fingerprint density at radius 2 is 1.80 bits per heavy atom. The first kappa shape index (κ1) is 16.9. The first-order valence-electron chi connectivity index (χ1n) is 7.76. The second-order valence-electron chi connectivity index (χ2n) is 5.59. The standard InChI is InChI=1S/C19H17ClN4O/c1-12-6-3-4-9-16(12)24-19(25)17-11-18(22-13(2)21-17)23-15-8-5-7-14(20)10-15/h3-11H,1-2H3,(H,24,25)(H,21,22,23). The third kappa shape index (κ3) is 4.33. The number of para-hydroxylation sites is 1. The molecule has 1 aromatic heterocycles. The lowest BCUT2D eigenvalue weighted by molar-refractivity contribution is 0.102. The molecule has 0 atom stereocenters. The Hall–Kier alpha value is -2.92. The van der Waals surface area contributed by atoms with Crippen molar-refractivity contribution in [2.75, 3.05) is 10.6 Å². The number of aryl methyl sites for hydroxylation is 2. The topological polar surface area (TPSA) is 66.9 Å². The lowest BCUT2D eigenvalue weighted by Gasteiger charge is -2.10. The summed E-state index contributed by atoms with van der Waals surface area (Å²) in [5, 5.41) is 6.64. The fourth-order valence-corrected chi connectivity index (χ4v) is 2.55. The maximum atomic E-state index is 12.5. The van der Waals surface area contributed by atoms with E-state index in [1.165, 1.54) is 0 Å². The second kappa shape index (κ2) is 7.32. The van der Waals surface area contributed by atoms with E-state index in [-0.39, 0.29) is 5.91 Å². The molecule has 1 amide bonds.